The molecule has 0 amide bonds. The fraction of sp³-hybridized carbons (Fsp3) is 0.875. The molecule has 0 aromatic rings. The van der Waals surface area contributed by atoms with Crippen molar-refractivity contribution >= 4 is 0 Å². The Hall–Kier alpha value is -0.410. The van der Waals surface area contributed by atoms with E-state index < -0.39 is 12.3 Å². The molecule has 0 radical (unpaired) electrons. The third-order valence-electron chi connectivity index (χ3n) is 3.43. The van der Waals surface area contributed by atoms with E-state index in [-0.39, 0.29) is 23.0 Å². The normalized spacial score (nSPS) is 32.9. The summed E-state index contributed by atoms with van der Waals surface area (Å²) in [5, 5.41) is 0. The molecule has 3 heteroatoms. The molecule has 1 fully saturated rings. The van der Waals surface area contributed by atoms with Gasteiger partial charge in [0.05, 0.1) is 23.9 Å². The topological polar surface area (TPSA) is 18.5 Å². The first-order valence-electron chi connectivity index (χ1n) is 7.07. The lowest BCUT2D eigenvalue weighted by atomic mass is 9.99. The monoisotopic (exact) mass is 272 g/mol. The minimum atomic E-state index is -1.000. The van der Waals surface area contributed by atoms with Crippen LogP contribution in [0, 0.1) is 11.8 Å². The SMILES string of the molecule is C=C1[C@H](C)C(F)[C@H](OC(C)(C)C)[C@H]1COC(C)(C)C. The van der Waals surface area contributed by atoms with Gasteiger partial charge in [0, 0.05) is 11.8 Å². The van der Waals surface area contributed by atoms with Gasteiger partial charge in [-0.25, -0.2) is 4.39 Å². The van der Waals surface area contributed by atoms with Crippen molar-refractivity contribution in [2.75, 3.05) is 6.61 Å². The van der Waals surface area contributed by atoms with Gasteiger partial charge >= 0.3 is 0 Å². The highest BCUT2D eigenvalue weighted by Gasteiger charge is 2.47. The molecule has 112 valence electrons. The molecule has 0 heterocycles. The van der Waals surface area contributed by atoms with Gasteiger partial charge in [0.25, 0.3) is 0 Å². The van der Waals surface area contributed by atoms with E-state index >= 15 is 0 Å². The van der Waals surface area contributed by atoms with E-state index in [9.17, 15) is 4.39 Å². The summed E-state index contributed by atoms with van der Waals surface area (Å²) in [5.74, 6) is -0.232. The Labute approximate surface area is 117 Å². The highest BCUT2D eigenvalue weighted by Crippen LogP contribution is 2.41. The van der Waals surface area contributed by atoms with Crippen molar-refractivity contribution in [1.29, 1.82) is 0 Å². The number of rotatable bonds is 3. The van der Waals surface area contributed by atoms with E-state index in [2.05, 4.69) is 6.58 Å². The van der Waals surface area contributed by atoms with Gasteiger partial charge in [0.1, 0.15) is 6.17 Å². The summed E-state index contributed by atoms with van der Waals surface area (Å²) >= 11 is 0. The summed E-state index contributed by atoms with van der Waals surface area (Å²) in [6.07, 6.45) is -1.45. The van der Waals surface area contributed by atoms with Crippen molar-refractivity contribution in [3.05, 3.63) is 12.2 Å². The van der Waals surface area contributed by atoms with Crippen LogP contribution in [0.15, 0.2) is 12.2 Å². The largest absolute Gasteiger partial charge is 0.375 e. The van der Waals surface area contributed by atoms with Crippen LogP contribution in [0.3, 0.4) is 0 Å². The van der Waals surface area contributed by atoms with Crippen LogP contribution in [-0.4, -0.2) is 30.1 Å². The van der Waals surface area contributed by atoms with Gasteiger partial charge in [0.2, 0.25) is 0 Å². The molecule has 1 aliphatic rings. The van der Waals surface area contributed by atoms with E-state index in [1.807, 2.05) is 48.5 Å². The van der Waals surface area contributed by atoms with Crippen LogP contribution in [-0.2, 0) is 9.47 Å². The molecular formula is C16H29FO2. The maximum atomic E-state index is 14.4. The Balaban J connectivity index is 2.81. The van der Waals surface area contributed by atoms with Crippen LogP contribution in [0.4, 0.5) is 4.39 Å². The van der Waals surface area contributed by atoms with E-state index in [0.717, 1.165) is 5.57 Å². The van der Waals surface area contributed by atoms with Gasteiger partial charge in [0.15, 0.2) is 0 Å². The second kappa shape index (κ2) is 5.53. The van der Waals surface area contributed by atoms with Crippen molar-refractivity contribution in [2.45, 2.75) is 71.9 Å². The maximum Gasteiger partial charge on any atom is 0.133 e. The van der Waals surface area contributed by atoms with Crippen LogP contribution < -0.4 is 0 Å². The average Bonchev–Trinajstić information content (AvgIpc) is 2.38. The Kier molecular flexibility index (Phi) is 4.84. The summed E-state index contributed by atoms with van der Waals surface area (Å²) in [6, 6.07) is 0. The van der Waals surface area contributed by atoms with Crippen molar-refractivity contribution in [2.24, 2.45) is 11.8 Å². The van der Waals surface area contributed by atoms with Crippen LogP contribution >= 0.6 is 0 Å². The molecule has 19 heavy (non-hydrogen) atoms. The first kappa shape index (κ1) is 16.6. The fourth-order valence-electron chi connectivity index (χ4n) is 2.36. The molecule has 0 bridgehead atoms. The highest BCUT2D eigenvalue weighted by molar-refractivity contribution is 5.18. The van der Waals surface area contributed by atoms with Crippen LogP contribution in [0.1, 0.15) is 48.5 Å². The lowest BCUT2D eigenvalue weighted by Gasteiger charge is -2.31. The molecule has 0 aliphatic heterocycles. The molecular weight excluding hydrogens is 243 g/mol. The smallest absolute Gasteiger partial charge is 0.133 e. The minimum Gasteiger partial charge on any atom is -0.375 e. The van der Waals surface area contributed by atoms with Gasteiger partial charge in [-0.2, -0.15) is 0 Å². The molecule has 1 unspecified atom stereocenters. The molecule has 1 saturated carbocycles. The molecule has 0 spiro atoms. The second-order valence-electron chi connectivity index (χ2n) is 7.53. The molecule has 0 aromatic carbocycles. The van der Waals surface area contributed by atoms with Crippen LogP contribution in [0.2, 0.25) is 0 Å². The minimum absolute atomic E-state index is 0.0663. The van der Waals surface area contributed by atoms with Crippen molar-refractivity contribution in [3.63, 3.8) is 0 Å². The summed E-state index contributed by atoms with van der Waals surface area (Å²) < 4.78 is 26.1. The van der Waals surface area contributed by atoms with Crippen LogP contribution in [0.5, 0.6) is 0 Å². The average molecular weight is 272 g/mol. The number of hydrogen-bond donors (Lipinski definition) is 0. The van der Waals surface area contributed by atoms with Crippen molar-refractivity contribution in [1.82, 2.24) is 0 Å². The molecule has 1 rings (SSSR count). The van der Waals surface area contributed by atoms with Crippen molar-refractivity contribution in [3.8, 4) is 0 Å². The zero-order valence-corrected chi connectivity index (χ0v) is 13.4. The Morgan fingerprint density at radius 2 is 1.63 bits per heavy atom. The number of hydrogen-bond acceptors (Lipinski definition) is 2. The number of alkyl halides is 1. The van der Waals surface area contributed by atoms with E-state index in [1.165, 1.54) is 0 Å². The Morgan fingerprint density at radius 3 is 2.05 bits per heavy atom. The summed E-state index contributed by atoms with van der Waals surface area (Å²) in [7, 11) is 0. The molecule has 0 aromatic heterocycles. The lowest BCUT2D eigenvalue weighted by molar-refractivity contribution is -0.119. The first-order chi connectivity index (χ1) is 8.42. The van der Waals surface area contributed by atoms with Gasteiger partial charge in [-0.3, -0.25) is 0 Å². The van der Waals surface area contributed by atoms with Gasteiger partial charge < -0.3 is 9.47 Å². The summed E-state index contributed by atoms with van der Waals surface area (Å²) in [5.41, 5.74) is 0.315. The van der Waals surface area contributed by atoms with Gasteiger partial charge in [-0.1, -0.05) is 19.1 Å². The predicted molar refractivity (Wildman–Crippen MR) is 77.0 cm³/mol. The zero-order valence-electron chi connectivity index (χ0n) is 13.4. The fourth-order valence-corrected chi connectivity index (χ4v) is 2.36. The zero-order chi connectivity index (χ0) is 15.0. The second-order valence-corrected chi connectivity index (χ2v) is 7.53. The lowest BCUT2D eigenvalue weighted by Crippen LogP contribution is -2.38. The number of halogens is 1. The molecule has 0 saturated heterocycles. The van der Waals surface area contributed by atoms with E-state index in [0.29, 0.717) is 6.61 Å². The van der Waals surface area contributed by atoms with E-state index in [1.54, 1.807) is 0 Å². The molecule has 0 N–H and O–H groups in total. The quantitative estimate of drug-likeness (QED) is 0.719. The number of ether oxygens (including phenoxy) is 2. The third-order valence-corrected chi connectivity index (χ3v) is 3.43. The van der Waals surface area contributed by atoms with Gasteiger partial charge in [-0.05, 0) is 41.5 Å². The van der Waals surface area contributed by atoms with Gasteiger partial charge in [-0.15, -0.1) is 0 Å². The molecule has 2 nitrogen and oxygen atoms in total. The Bertz CT molecular complexity index is 325. The summed E-state index contributed by atoms with van der Waals surface area (Å²) in [6.45, 7) is 18.2. The molecule has 1 aliphatic carbocycles. The third kappa shape index (κ3) is 4.57. The first-order valence-corrected chi connectivity index (χ1v) is 7.07. The van der Waals surface area contributed by atoms with E-state index in [4.69, 9.17) is 9.47 Å². The standard InChI is InChI=1S/C16H29FO2/c1-10-11(2)13(17)14(19-16(6,7)8)12(10)9-18-15(3,4)5/h11-14H,1,9H2,2-8H3/t11-,12-,13?,14+/m0/s1. The predicted octanol–water partition coefficient (Wildman–Crippen LogP) is 4.15. The maximum absolute atomic E-state index is 14.4. The Morgan fingerprint density at radius 1 is 1.11 bits per heavy atom. The summed E-state index contributed by atoms with van der Waals surface area (Å²) in [4.78, 5) is 0. The van der Waals surface area contributed by atoms with Crippen LogP contribution in [0.25, 0.3) is 0 Å². The molecule has 4 atom stereocenters. The van der Waals surface area contributed by atoms with Crippen molar-refractivity contribution < 1.29 is 13.9 Å². The highest BCUT2D eigenvalue weighted by atomic mass is 19.1.